The Bertz CT molecular complexity index is 1670. The number of benzene rings is 3. The minimum absolute atomic E-state index is 0.168. The van der Waals surface area contributed by atoms with Crippen molar-refractivity contribution in [1.82, 2.24) is 9.80 Å². The second kappa shape index (κ2) is 13.1. The van der Waals surface area contributed by atoms with Gasteiger partial charge in [-0.3, -0.25) is 14.4 Å². The first kappa shape index (κ1) is 32.7. The summed E-state index contributed by atoms with van der Waals surface area (Å²) in [5.74, 6) is -2.40. The van der Waals surface area contributed by atoms with E-state index in [2.05, 4.69) is 13.2 Å². The molecular formula is C39H45N3O5. The molecule has 3 aliphatic heterocycles. The smallest absolute Gasteiger partial charge is 0.253 e. The number of aliphatic hydroxyl groups is 1. The van der Waals surface area contributed by atoms with Gasteiger partial charge in [-0.05, 0) is 54.2 Å². The van der Waals surface area contributed by atoms with E-state index in [1.54, 1.807) is 26.9 Å². The van der Waals surface area contributed by atoms with Crippen molar-refractivity contribution in [3.05, 3.63) is 104 Å². The molecule has 3 aromatic carbocycles. The van der Waals surface area contributed by atoms with Gasteiger partial charge >= 0.3 is 0 Å². The molecule has 47 heavy (non-hydrogen) atoms. The van der Waals surface area contributed by atoms with E-state index < -0.39 is 35.1 Å². The van der Waals surface area contributed by atoms with Crippen LogP contribution in [0.25, 0.3) is 10.8 Å². The van der Waals surface area contributed by atoms with Crippen LogP contribution in [0.3, 0.4) is 0 Å². The quantitative estimate of drug-likeness (QED) is 0.251. The fraction of sp³-hybridized carbons (Fsp3) is 0.410. The van der Waals surface area contributed by atoms with Crippen molar-refractivity contribution in [2.75, 3.05) is 24.6 Å². The van der Waals surface area contributed by atoms with Gasteiger partial charge in [0, 0.05) is 25.3 Å². The molecule has 6 rings (SSSR count). The summed E-state index contributed by atoms with van der Waals surface area (Å²) in [6, 6.07) is 22.0. The van der Waals surface area contributed by atoms with E-state index >= 15 is 4.79 Å². The minimum Gasteiger partial charge on any atom is -0.394 e. The second-order valence-electron chi connectivity index (χ2n) is 13.1. The van der Waals surface area contributed by atoms with Crippen LogP contribution in [0, 0.1) is 11.8 Å². The van der Waals surface area contributed by atoms with E-state index in [9.17, 15) is 14.7 Å². The Morgan fingerprint density at radius 2 is 1.68 bits per heavy atom. The van der Waals surface area contributed by atoms with Crippen LogP contribution in [-0.4, -0.2) is 75.6 Å². The molecule has 2 unspecified atom stereocenters. The Hall–Kier alpha value is -4.27. The monoisotopic (exact) mass is 635 g/mol. The van der Waals surface area contributed by atoms with E-state index in [0.29, 0.717) is 44.5 Å². The SMILES string of the molecule is C=CCN(Cc1ccccc1)C(=O)[C@H]1[C@H]2C(=O)N([C@@H](CC)CO)C(C(=O)N(CC=C)c3ccc4ccccc4c3)C23CC[C@]1(CC)O3. The fourth-order valence-electron chi connectivity index (χ4n) is 8.45. The summed E-state index contributed by atoms with van der Waals surface area (Å²) in [4.78, 5) is 49.5. The first-order valence-electron chi connectivity index (χ1n) is 16.8. The molecule has 3 amide bonds. The summed E-state index contributed by atoms with van der Waals surface area (Å²) < 4.78 is 7.05. The number of nitrogens with zero attached hydrogens (tertiary/aromatic N) is 3. The van der Waals surface area contributed by atoms with Crippen LogP contribution in [0.15, 0.2) is 98.1 Å². The maximum atomic E-state index is 15.1. The van der Waals surface area contributed by atoms with Crippen LogP contribution in [-0.2, 0) is 25.7 Å². The lowest BCUT2D eigenvalue weighted by Crippen LogP contribution is -2.59. The highest BCUT2D eigenvalue weighted by Crippen LogP contribution is 2.65. The highest BCUT2D eigenvalue weighted by Gasteiger charge is 2.79. The normalized spacial score (nSPS) is 26.7. The lowest BCUT2D eigenvalue weighted by molar-refractivity contribution is -0.154. The van der Waals surface area contributed by atoms with Crippen molar-refractivity contribution in [3.63, 3.8) is 0 Å². The third-order valence-corrected chi connectivity index (χ3v) is 10.7. The summed E-state index contributed by atoms with van der Waals surface area (Å²) in [6.07, 6.45) is 5.38. The molecule has 8 heteroatoms. The van der Waals surface area contributed by atoms with E-state index in [1.807, 2.05) is 86.6 Å². The lowest BCUT2D eigenvalue weighted by atomic mass is 9.64. The number of hydrogen-bond acceptors (Lipinski definition) is 5. The summed E-state index contributed by atoms with van der Waals surface area (Å²) in [5, 5.41) is 12.6. The van der Waals surface area contributed by atoms with Crippen LogP contribution in [0.2, 0.25) is 0 Å². The molecule has 3 fully saturated rings. The number of hydrogen-bond donors (Lipinski definition) is 1. The van der Waals surface area contributed by atoms with Gasteiger partial charge in [-0.25, -0.2) is 0 Å². The first-order chi connectivity index (χ1) is 22.8. The molecule has 8 nitrogen and oxygen atoms in total. The number of carbonyl (C=O) groups is 3. The van der Waals surface area contributed by atoms with Gasteiger partial charge in [-0.1, -0.05) is 86.7 Å². The van der Waals surface area contributed by atoms with E-state index in [-0.39, 0.29) is 30.9 Å². The number of fused-ring (bicyclic) bond motifs is 2. The summed E-state index contributed by atoms with van der Waals surface area (Å²) in [5.41, 5.74) is -0.439. The number of likely N-dealkylation sites (tertiary alicyclic amines) is 1. The van der Waals surface area contributed by atoms with Crippen molar-refractivity contribution in [1.29, 1.82) is 0 Å². The number of ether oxygens (including phenoxy) is 1. The van der Waals surface area contributed by atoms with E-state index in [4.69, 9.17) is 4.74 Å². The average Bonchev–Trinajstić information content (AvgIpc) is 3.71. The molecule has 0 saturated carbocycles. The Morgan fingerprint density at radius 1 is 0.979 bits per heavy atom. The molecule has 2 bridgehead atoms. The standard InChI is InChI=1S/C39H45N3O5/c1-5-22-40(25-27-14-10-9-11-15-27)35(44)32-33-36(45)42(30(7-3)26-43)34(39(33)21-20-38(32,8-4)47-39)37(46)41(23-6-2)31-19-18-28-16-12-13-17-29(28)24-31/h5-6,9-19,24,30,32-34,43H,1-2,7-8,20-23,25-26H2,3-4H3/t30-,32+,33-,34?,38-,39?/m0/s1. The molecule has 3 aliphatic rings. The summed E-state index contributed by atoms with van der Waals surface area (Å²) >= 11 is 0. The Labute approximate surface area is 277 Å². The van der Waals surface area contributed by atoms with Gasteiger partial charge in [0.25, 0.3) is 5.91 Å². The number of rotatable bonds is 13. The van der Waals surface area contributed by atoms with Crippen LogP contribution >= 0.6 is 0 Å². The number of amides is 3. The molecule has 0 radical (unpaired) electrons. The van der Waals surface area contributed by atoms with E-state index in [1.165, 1.54) is 0 Å². The predicted octanol–water partition coefficient (Wildman–Crippen LogP) is 5.50. The maximum absolute atomic E-state index is 15.1. The van der Waals surface area contributed by atoms with Gasteiger partial charge in [0.1, 0.15) is 11.6 Å². The average molecular weight is 636 g/mol. The predicted molar refractivity (Wildman–Crippen MR) is 183 cm³/mol. The zero-order valence-corrected chi connectivity index (χ0v) is 27.4. The Balaban J connectivity index is 1.45. The zero-order chi connectivity index (χ0) is 33.3. The third kappa shape index (κ3) is 5.28. The number of carbonyl (C=O) groups excluding carboxylic acids is 3. The third-order valence-electron chi connectivity index (χ3n) is 10.7. The number of anilines is 1. The van der Waals surface area contributed by atoms with Crippen molar-refractivity contribution in [3.8, 4) is 0 Å². The van der Waals surface area contributed by atoms with Crippen LogP contribution in [0.4, 0.5) is 5.69 Å². The van der Waals surface area contributed by atoms with Crippen LogP contribution < -0.4 is 4.90 Å². The molecule has 0 aromatic heterocycles. The maximum Gasteiger partial charge on any atom is 0.253 e. The number of aliphatic hydroxyl groups excluding tert-OH is 1. The zero-order valence-electron chi connectivity index (χ0n) is 27.4. The van der Waals surface area contributed by atoms with Crippen molar-refractivity contribution in [2.24, 2.45) is 11.8 Å². The topological polar surface area (TPSA) is 90.4 Å². The lowest BCUT2D eigenvalue weighted by Gasteiger charge is -2.39. The van der Waals surface area contributed by atoms with Crippen molar-refractivity contribution < 1.29 is 24.2 Å². The van der Waals surface area contributed by atoms with Gasteiger partial charge in [-0.2, -0.15) is 0 Å². The molecule has 6 atom stereocenters. The highest BCUT2D eigenvalue weighted by atomic mass is 16.5. The van der Waals surface area contributed by atoms with Gasteiger partial charge in [0.15, 0.2) is 0 Å². The first-order valence-corrected chi connectivity index (χ1v) is 16.8. The second-order valence-corrected chi connectivity index (χ2v) is 13.1. The molecule has 0 aliphatic carbocycles. The largest absolute Gasteiger partial charge is 0.394 e. The van der Waals surface area contributed by atoms with Gasteiger partial charge in [0.05, 0.1) is 30.1 Å². The molecule has 3 heterocycles. The van der Waals surface area contributed by atoms with Gasteiger partial charge in [-0.15, -0.1) is 13.2 Å². The molecule has 3 aromatic rings. The summed E-state index contributed by atoms with van der Waals surface area (Å²) in [7, 11) is 0. The molecule has 246 valence electrons. The van der Waals surface area contributed by atoms with Gasteiger partial charge < -0.3 is 24.5 Å². The van der Waals surface area contributed by atoms with Crippen molar-refractivity contribution >= 4 is 34.2 Å². The Kier molecular flexibility index (Phi) is 9.09. The molecule has 1 spiro atoms. The molecule has 1 N–H and O–H groups in total. The molecule has 3 saturated heterocycles. The van der Waals surface area contributed by atoms with Crippen LogP contribution in [0.5, 0.6) is 0 Å². The highest BCUT2D eigenvalue weighted by molar-refractivity contribution is 6.06. The Morgan fingerprint density at radius 3 is 2.34 bits per heavy atom. The van der Waals surface area contributed by atoms with Crippen LogP contribution in [0.1, 0.15) is 45.1 Å². The summed E-state index contributed by atoms with van der Waals surface area (Å²) in [6.45, 7) is 12.3. The van der Waals surface area contributed by atoms with Crippen molar-refractivity contribution in [2.45, 2.75) is 69.4 Å². The van der Waals surface area contributed by atoms with E-state index in [0.717, 1.165) is 16.3 Å². The fourth-order valence-corrected chi connectivity index (χ4v) is 8.45. The van der Waals surface area contributed by atoms with Gasteiger partial charge in [0.2, 0.25) is 11.8 Å². The minimum atomic E-state index is -1.21. The molecular weight excluding hydrogens is 590 g/mol.